The molecule has 0 aliphatic carbocycles. The van der Waals surface area contributed by atoms with Crippen LogP contribution in [0, 0.1) is 6.92 Å². The number of piperidine rings is 1. The van der Waals surface area contributed by atoms with Gasteiger partial charge in [-0.1, -0.05) is 17.3 Å². The number of carbonyl (C=O) groups is 1. The van der Waals surface area contributed by atoms with Crippen LogP contribution >= 0.6 is 11.3 Å². The molecule has 0 saturated carbocycles. The first-order valence-corrected chi connectivity index (χ1v) is 8.60. The van der Waals surface area contributed by atoms with Crippen molar-refractivity contribution in [1.29, 1.82) is 0 Å². The maximum Gasteiger partial charge on any atom is 0.276 e. The number of thiazole rings is 1. The second-order valence-corrected chi connectivity index (χ2v) is 7.00. The Kier molecular flexibility index (Phi) is 3.61. The smallest absolute Gasteiger partial charge is 0.276 e. The monoisotopic (exact) mass is 327 g/mol. The maximum atomic E-state index is 12.5. The molecule has 0 N–H and O–H groups in total. The molecular formula is C17H17N3O2S. The van der Waals surface area contributed by atoms with Crippen LogP contribution in [0.4, 0.5) is 0 Å². The van der Waals surface area contributed by atoms with E-state index in [1.807, 2.05) is 23.1 Å². The highest BCUT2D eigenvalue weighted by atomic mass is 32.1. The Morgan fingerprint density at radius 2 is 2.26 bits per heavy atom. The summed E-state index contributed by atoms with van der Waals surface area (Å²) in [6.45, 7) is 3.26. The van der Waals surface area contributed by atoms with Crippen molar-refractivity contribution in [3.63, 3.8) is 0 Å². The number of carbonyl (C=O) groups excluding carboxylic acids is 1. The standard InChI is InChI=1S/C17H17N3O2S/c1-11-9-14(19-22-11)17(21)20-8-4-5-12(10-20)16-18-13-6-2-3-7-15(13)23-16/h2-3,6-7,9,12H,4-5,8,10H2,1H3/t12-/m0/s1. The molecular weight excluding hydrogens is 310 g/mol. The highest BCUT2D eigenvalue weighted by Gasteiger charge is 2.28. The van der Waals surface area contributed by atoms with Crippen LogP contribution in [0.1, 0.15) is 40.0 Å². The normalized spacial score (nSPS) is 18.5. The number of aromatic nitrogens is 2. The molecule has 4 rings (SSSR count). The van der Waals surface area contributed by atoms with Gasteiger partial charge in [-0.3, -0.25) is 4.79 Å². The third-order valence-electron chi connectivity index (χ3n) is 4.22. The fraction of sp³-hybridized carbons (Fsp3) is 0.353. The quantitative estimate of drug-likeness (QED) is 0.721. The summed E-state index contributed by atoms with van der Waals surface area (Å²) in [5.41, 5.74) is 1.44. The molecule has 3 aromatic rings. The van der Waals surface area contributed by atoms with Crippen molar-refractivity contribution in [2.24, 2.45) is 0 Å². The predicted molar refractivity (Wildman–Crippen MR) is 88.7 cm³/mol. The summed E-state index contributed by atoms with van der Waals surface area (Å²) >= 11 is 1.73. The molecule has 1 amide bonds. The van der Waals surface area contributed by atoms with E-state index < -0.39 is 0 Å². The average molecular weight is 327 g/mol. The molecule has 3 heterocycles. The Labute approximate surface area is 137 Å². The van der Waals surface area contributed by atoms with Gasteiger partial charge in [-0.2, -0.15) is 0 Å². The number of amides is 1. The van der Waals surface area contributed by atoms with Crippen LogP contribution in [-0.4, -0.2) is 34.0 Å². The highest BCUT2D eigenvalue weighted by Crippen LogP contribution is 2.33. The molecule has 6 heteroatoms. The Bertz CT molecular complexity index is 821. The van der Waals surface area contributed by atoms with Crippen LogP contribution in [0.15, 0.2) is 34.9 Å². The lowest BCUT2D eigenvalue weighted by Crippen LogP contribution is -2.39. The molecule has 0 radical (unpaired) electrons. The Morgan fingerprint density at radius 1 is 1.39 bits per heavy atom. The summed E-state index contributed by atoms with van der Waals surface area (Å²) in [6, 6.07) is 9.88. The zero-order valence-corrected chi connectivity index (χ0v) is 13.7. The lowest BCUT2D eigenvalue weighted by Gasteiger charge is -2.31. The third kappa shape index (κ3) is 2.74. The summed E-state index contributed by atoms with van der Waals surface area (Å²) in [5.74, 6) is 0.916. The second-order valence-electron chi connectivity index (χ2n) is 5.93. The molecule has 118 valence electrons. The van der Waals surface area contributed by atoms with Crippen molar-refractivity contribution in [3.05, 3.63) is 46.8 Å². The van der Waals surface area contributed by atoms with Gasteiger partial charge in [0, 0.05) is 25.1 Å². The highest BCUT2D eigenvalue weighted by molar-refractivity contribution is 7.18. The molecule has 23 heavy (non-hydrogen) atoms. The third-order valence-corrected chi connectivity index (χ3v) is 5.41. The number of nitrogens with zero attached hydrogens (tertiary/aromatic N) is 3. The largest absolute Gasteiger partial charge is 0.361 e. The minimum atomic E-state index is -0.0485. The van der Waals surface area contributed by atoms with Gasteiger partial charge < -0.3 is 9.42 Å². The molecule has 1 fully saturated rings. The van der Waals surface area contributed by atoms with Crippen molar-refractivity contribution in [3.8, 4) is 0 Å². The number of rotatable bonds is 2. The lowest BCUT2D eigenvalue weighted by molar-refractivity contribution is 0.0696. The van der Waals surface area contributed by atoms with E-state index >= 15 is 0 Å². The van der Waals surface area contributed by atoms with Crippen molar-refractivity contribution in [2.75, 3.05) is 13.1 Å². The lowest BCUT2D eigenvalue weighted by atomic mass is 9.98. The Balaban J connectivity index is 1.55. The minimum absolute atomic E-state index is 0.0485. The van der Waals surface area contributed by atoms with E-state index in [1.54, 1.807) is 24.3 Å². The number of para-hydroxylation sites is 1. The van der Waals surface area contributed by atoms with E-state index in [-0.39, 0.29) is 5.91 Å². The molecule has 2 aromatic heterocycles. The van der Waals surface area contributed by atoms with E-state index in [0.29, 0.717) is 23.9 Å². The average Bonchev–Trinajstić information content (AvgIpc) is 3.20. The number of likely N-dealkylation sites (tertiary alicyclic amines) is 1. The van der Waals surface area contributed by atoms with Crippen molar-refractivity contribution < 1.29 is 9.32 Å². The van der Waals surface area contributed by atoms with Crippen LogP contribution < -0.4 is 0 Å². The number of aryl methyl sites for hydroxylation is 1. The second kappa shape index (κ2) is 5.77. The van der Waals surface area contributed by atoms with Crippen molar-refractivity contribution in [2.45, 2.75) is 25.7 Å². The fourth-order valence-electron chi connectivity index (χ4n) is 3.06. The molecule has 0 spiro atoms. The summed E-state index contributed by atoms with van der Waals surface area (Å²) in [5, 5.41) is 4.97. The molecule has 1 saturated heterocycles. The molecule has 0 bridgehead atoms. The van der Waals surface area contributed by atoms with Crippen LogP contribution in [0.5, 0.6) is 0 Å². The van der Waals surface area contributed by atoms with Gasteiger partial charge in [0.25, 0.3) is 5.91 Å². The Hall–Kier alpha value is -2.21. The van der Waals surface area contributed by atoms with Gasteiger partial charge in [0.2, 0.25) is 0 Å². The van der Waals surface area contributed by atoms with Crippen LogP contribution in [0.3, 0.4) is 0 Å². The molecule has 0 unspecified atom stereocenters. The topological polar surface area (TPSA) is 59.2 Å². The van der Waals surface area contributed by atoms with Gasteiger partial charge in [0.15, 0.2) is 5.69 Å². The van der Waals surface area contributed by atoms with Crippen LogP contribution in [0.25, 0.3) is 10.2 Å². The van der Waals surface area contributed by atoms with E-state index in [1.165, 1.54) is 4.70 Å². The fourth-order valence-corrected chi connectivity index (χ4v) is 4.15. The van der Waals surface area contributed by atoms with Gasteiger partial charge in [-0.05, 0) is 31.9 Å². The van der Waals surface area contributed by atoms with E-state index in [9.17, 15) is 4.79 Å². The molecule has 1 atom stereocenters. The zero-order valence-electron chi connectivity index (χ0n) is 12.9. The number of benzene rings is 1. The van der Waals surface area contributed by atoms with Crippen LogP contribution in [0.2, 0.25) is 0 Å². The van der Waals surface area contributed by atoms with E-state index in [0.717, 1.165) is 29.9 Å². The zero-order chi connectivity index (χ0) is 15.8. The minimum Gasteiger partial charge on any atom is -0.361 e. The van der Waals surface area contributed by atoms with E-state index in [2.05, 4.69) is 11.2 Å². The molecule has 1 aliphatic rings. The molecule has 1 aliphatic heterocycles. The van der Waals surface area contributed by atoms with Gasteiger partial charge >= 0.3 is 0 Å². The van der Waals surface area contributed by atoms with Crippen molar-refractivity contribution >= 4 is 27.5 Å². The predicted octanol–water partition coefficient (Wildman–Crippen LogP) is 3.61. The molecule has 1 aromatic carbocycles. The SMILES string of the molecule is Cc1cc(C(=O)N2CCC[C@H](c3nc4ccccc4s3)C2)no1. The summed E-state index contributed by atoms with van der Waals surface area (Å²) < 4.78 is 6.23. The van der Waals surface area contributed by atoms with Crippen LogP contribution in [-0.2, 0) is 0 Å². The first kappa shape index (κ1) is 14.4. The molecule has 5 nitrogen and oxygen atoms in total. The summed E-state index contributed by atoms with van der Waals surface area (Å²) in [6.07, 6.45) is 2.06. The summed E-state index contributed by atoms with van der Waals surface area (Å²) in [4.78, 5) is 19.2. The van der Waals surface area contributed by atoms with Gasteiger partial charge in [-0.15, -0.1) is 11.3 Å². The van der Waals surface area contributed by atoms with Gasteiger partial charge in [0.05, 0.1) is 15.2 Å². The Morgan fingerprint density at radius 3 is 3.04 bits per heavy atom. The first-order chi connectivity index (χ1) is 11.2. The number of hydrogen-bond acceptors (Lipinski definition) is 5. The van der Waals surface area contributed by atoms with Gasteiger partial charge in [-0.25, -0.2) is 4.98 Å². The summed E-state index contributed by atoms with van der Waals surface area (Å²) in [7, 11) is 0. The van der Waals surface area contributed by atoms with E-state index in [4.69, 9.17) is 9.51 Å². The maximum absolute atomic E-state index is 12.5. The first-order valence-electron chi connectivity index (χ1n) is 7.79. The van der Waals surface area contributed by atoms with Crippen molar-refractivity contribution in [1.82, 2.24) is 15.0 Å². The number of hydrogen-bond donors (Lipinski definition) is 0. The number of fused-ring (bicyclic) bond motifs is 1. The van der Waals surface area contributed by atoms with Gasteiger partial charge in [0.1, 0.15) is 5.76 Å².